The van der Waals surface area contributed by atoms with Crippen LogP contribution in [0.5, 0.6) is 0 Å². The molecule has 1 saturated carbocycles. The van der Waals surface area contributed by atoms with Crippen molar-refractivity contribution >= 4 is 5.91 Å². The lowest BCUT2D eigenvalue weighted by atomic mass is 10.1. The molecule has 0 aromatic heterocycles. The largest absolute Gasteiger partial charge is 0.388 e. The van der Waals surface area contributed by atoms with Crippen molar-refractivity contribution in [3.05, 3.63) is 0 Å². The lowest BCUT2D eigenvalue weighted by Gasteiger charge is -2.13. The van der Waals surface area contributed by atoms with E-state index in [9.17, 15) is 15.0 Å². The molecule has 1 saturated heterocycles. The zero-order chi connectivity index (χ0) is 11.7. The smallest absolute Gasteiger partial charge is 0.222 e. The lowest BCUT2D eigenvalue weighted by Crippen LogP contribution is -2.37. The van der Waals surface area contributed by atoms with Gasteiger partial charge in [0.15, 0.2) is 0 Å². The molecular weight excluding hydrogens is 212 g/mol. The molecule has 0 bridgehead atoms. The number of aliphatic hydroxyl groups excluding tert-OH is 2. The van der Waals surface area contributed by atoms with E-state index in [1.54, 1.807) is 0 Å². The van der Waals surface area contributed by atoms with Gasteiger partial charge in [0.1, 0.15) is 12.2 Å². The van der Waals surface area contributed by atoms with Gasteiger partial charge < -0.3 is 26.0 Å². The van der Waals surface area contributed by atoms with Gasteiger partial charge in [0.25, 0.3) is 0 Å². The number of carbonyl (C=O) groups excluding carboxylic acids is 1. The summed E-state index contributed by atoms with van der Waals surface area (Å²) in [5.74, 6) is -0.142. The number of nitrogens with two attached hydrogens (primary N) is 1. The molecule has 2 aliphatic rings. The maximum Gasteiger partial charge on any atom is 0.222 e. The van der Waals surface area contributed by atoms with E-state index in [4.69, 9.17) is 10.5 Å². The van der Waals surface area contributed by atoms with Crippen LogP contribution in [0.3, 0.4) is 0 Å². The van der Waals surface area contributed by atoms with Gasteiger partial charge in [0.2, 0.25) is 5.91 Å². The van der Waals surface area contributed by atoms with E-state index in [0.29, 0.717) is 6.04 Å². The summed E-state index contributed by atoms with van der Waals surface area (Å²) in [4.78, 5) is 11.5. The molecule has 0 aromatic rings. The summed E-state index contributed by atoms with van der Waals surface area (Å²) in [6.07, 6.45) is -1.13. The predicted octanol–water partition coefficient (Wildman–Crippen LogP) is -1.90. The Kier molecular flexibility index (Phi) is 3.44. The molecule has 16 heavy (non-hydrogen) atoms. The van der Waals surface area contributed by atoms with Gasteiger partial charge in [0, 0.05) is 12.6 Å². The van der Waals surface area contributed by atoms with E-state index >= 15 is 0 Å². The zero-order valence-corrected chi connectivity index (χ0v) is 9.00. The van der Waals surface area contributed by atoms with Crippen molar-refractivity contribution in [3.8, 4) is 0 Å². The molecular formula is C10H18N2O4. The molecule has 0 unspecified atom stereocenters. The molecule has 0 aromatic carbocycles. The van der Waals surface area contributed by atoms with Crippen LogP contribution >= 0.6 is 0 Å². The van der Waals surface area contributed by atoms with Gasteiger partial charge in [0.05, 0.1) is 18.6 Å². The Balaban J connectivity index is 1.82. The maximum atomic E-state index is 11.5. The number of hydrogen-bond acceptors (Lipinski definition) is 5. The fraction of sp³-hybridized carbons (Fsp3) is 0.900. The van der Waals surface area contributed by atoms with Crippen molar-refractivity contribution in [1.29, 1.82) is 0 Å². The number of ether oxygens (including phenoxy) is 1. The highest BCUT2D eigenvalue weighted by molar-refractivity contribution is 5.77. The summed E-state index contributed by atoms with van der Waals surface area (Å²) in [5.41, 5.74) is 5.37. The second-order valence-corrected chi connectivity index (χ2v) is 4.48. The summed E-state index contributed by atoms with van der Waals surface area (Å²) in [7, 11) is 0. The topological polar surface area (TPSA) is 105 Å². The summed E-state index contributed by atoms with van der Waals surface area (Å²) in [5, 5.41) is 22.0. The summed E-state index contributed by atoms with van der Waals surface area (Å²) in [6, 6.07) is 0.293. The Morgan fingerprint density at radius 3 is 2.44 bits per heavy atom. The number of aliphatic hydroxyl groups is 2. The highest BCUT2D eigenvalue weighted by atomic mass is 16.5. The summed E-state index contributed by atoms with van der Waals surface area (Å²) in [6.45, 7) is 0.138. The van der Waals surface area contributed by atoms with Gasteiger partial charge in [-0.25, -0.2) is 0 Å². The number of amides is 1. The minimum Gasteiger partial charge on any atom is -0.388 e. The highest BCUT2D eigenvalue weighted by Gasteiger charge is 2.42. The summed E-state index contributed by atoms with van der Waals surface area (Å²) >= 11 is 0. The molecule has 1 aliphatic heterocycles. The molecule has 2 fully saturated rings. The Morgan fingerprint density at radius 2 is 1.94 bits per heavy atom. The lowest BCUT2D eigenvalue weighted by molar-refractivity contribution is -0.125. The van der Waals surface area contributed by atoms with Gasteiger partial charge in [-0.2, -0.15) is 0 Å². The second-order valence-electron chi connectivity index (χ2n) is 4.48. The number of carbonyl (C=O) groups is 1. The monoisotopic (exact) mass is 230 g/mol. The number of hydrogen-bond donors (Lipinski definition) is 4. The molecule has 6 heteroatoms. The molecule has 0 spiro atoms. The summed E-state index contributed by atoms with van der Waals surface area (Å²) < 4.78 is 5.32. The van der Waals surface area contributed by atoms with Gasteiger partial charge in [-0.15, -0.1) is 0 Å². The Labute approximate surface area is 93.8 Å². The van der Waals surface area contributed by atoms with Crippen LogP contribution in [0.1, 0.15) is 19.3 Å². The average molecular weight is 230 g/mol. The molecule has 5 N–H and O–H groups in total. The van der Waals surface area contributed by atoms with Crippen LogP contribution in [0.2, 0.25) is 0 Å². The normalized spacial score (nSPS) is 38.7. The molecule has 92 valence electrons. The van der Waals surface area contributed by atoms with Crippen LogP contribution in [-0.4, -0.2) is 53.1 Å². The van der Waals surface area contributed by atoms with Crippen molar-refractivity contribution in [1.82, 2.24) is 5.32 Å². The fourth-order valence-electron chi connectivity index (χ4n) is 1.89. The van der Waals surface area contributed by atoms with Crippen LogP contribution < -0.4 is 11.1 Å². The zero-order valence-electron chi connectivity index (χ0n) is 9.00. The Morgan fingerprint density at radius 1 is 1.31 bits per heavy atom. The molecule has 0 radical (unpaired) electrons. The average Bonchev–Trinajstić information content (AvgIpc) is 3.01. The van der Waals surface area contributed by atoms with Gasteiger partial charge in [-0.05, 0) is 12.8 Å². The van der Waals surface area contributed by atoms with Crippen LogP contribution in [0.25, 0.3) is 0 Å². The van der Waals surface area contributed by atoms with Crippen LogP contribution in [-0.2, 0) is 9.53 Å². The third-order valence-corrected chi connectivity index (χ3v) is 3.02. The third kappa shape index (κ3) is 2.52. The van der Waals surface area contributed by atoms with E-state index in [1.807, 2.05) is 0 Å². The van der Waals surface area contributed by atoms with E-state index in [1.165, 1.54) is 0 Å². The standard InChI is InChI=1S/C10H18N2O4/c11-4-7-10(15)9(14)6(16-7)3-8(13)12-5-1-2-5/h5-7,9-10,14-15H,1-4,11H2,(H,12,13)/t6-,7+,9-,10+/m1/s1. The number of nitrogens with one attached hydrogen (secondary N) is 1. The van der Waals surface area contributed by atoms with Gasteiger partial charge >= 0.3 is 0 Å². The Bertz CT molecular complexity index is 270. The first-order chi connectivity index (χ1) is 7.61. The van der Waals surface area contributed by atoms with Crippen LogP contribution in [0, 0.1) is 0 Å². The molecule has 1 aliphatic carbocycles. The van der Waals surface area contributed by atoms with Crippen LogP contribution in [0.4, 0.5) is 0 Å². The highest BCUT2D eigenvalue weighted by Crippen LogP contribution is 2.24. The van der Waals surface area contributed by atoms with E-state index < -0.39 is 24.4 Å². The predicted molar refractivity (Wildman–Crippen MR) is 55.5 cm³/mol. The van der Waals surface area contributed by atoms with E-state index in [-0.39, 0.29) is 18.9 Å². The first-order valence-corrected chi connectivity index (χ1v) is 5.63. The van der Waals surface area contributed by atoms with Crippen molar-refractivity contribution in [2.45, 2.75) is 49.7 Å². The second kappa shape index (κ2) is 4.67. The molecule has 1 heterocycles. The minimum absolute atomic E-state index is 0.0746. The molecule has 2 rings (SSSR count). The van der Waals surface area contributed by atoms with Gasteiger partial charge in [-0.3, -0.25) is 4.79 Å². The van der Waals surface area contributed by atoms with Crippen molar-refractivity contribution in [3.63, 3.8) is 0 Å². The van der Waals surface area contributed by atoms with Crippen LogP contribution in [0.15, 0.2) is 0 Å². The van der Waals surface area contributed by atoms with Crippen molar-refractivity contribution < 1.29 is 19.7 Å². The molecule has 1 amide bonds. The molecule has 4 atom stereocenters. The quantitative estimate of drug-likeness (QED) is 0.451. The van der Waals surface area contributed by atoms with Gasteiger partial charge in [-0.1, -0.05) is 0 Å². The van der Waals surface area contributed by atoms with E-state index in [0.717, 1.165) is 12.8 Å². The Hall–Kier alpha value is -0.690. The van der Waals surface area contributed by atoms with Crippen molar-refractivity contribution in [2.24, 2.45) is 5.73 Å². The third-order valence-electron chi connectivity index (χ3n) is 3.02. The number of rotatable bonds is 4. The molecule has 6 nitrogen and oxygen atoms in total. The van der Waals surface area contributed by atoms with Crippen molar-refractivity contribution in [2.75, 3.05) is 6.54 Å². The maximum absolute atomic E-state index is 11.5. The first-order valence-electron chi connectivity index (χ1n) is 5.63. The van der Waals surface area contributed by atoms with E-state index in [2.05, 4.69) is 5.32 Å². The SMILES string of the molecule is NC[C@@H]1O[C@H](CC(=O)NC2CC2)[C@@H](O)[C@H]1O. The minimum atomic E-state index is -1.03. The first kappa shape index (κ1) is 11.8. The fourth-order valence-corrected chi connectivity index (χ4v) is 1.89.